The van der Waals surface area contributed by atoms with Crippen molar-refractivity contribution in [2.45, 2.75) is 50.7 Å². The van der Waals surface area contributed by atoms with Crippen LogP contribution in [-0.4, -0.2) is 83.3 Å². The number of aromatic nitrogens is 4. The number of hydrogen-bond acceptors (Lipinski definition) is 10. The van der Waals surface area contributed by atoms with Crippen LogP contribution >= 0.6 is 0 Å². The van der Waals surface area contributed by atoms with E-state index in [0.29, 0.717) is 11.2 Å². The van der Waals surface area contributed by atoms with Gasteiger partial charge in [0.05, 0.1) is 39.6 Å². The second kappa shape index (κ2) is 11.9. The van der Waals surface area contributed by atoms with E-state index < -0.39 is 21.3 Å². The zero-order chi connectivity index (χ0) is 32.7. The molecule has 1 spiro atoms. The molecule has 46 heavy (non-hydrogen) atoms. The van der Waals surface area contributed by atoms with E-state index in [1.807, 2.05) is 57.2 Å². The SMILES string of the molecule is CC(C)(C)OC(=O)N1CC2(CCN(c3cccc(-c4ccc5cnc(CNC(=O)c6cncc(S(C)(=O)=O)c6)cc5n4)n3)CC2)C1. The largest absolute Gasteiger partial charge is 0.444 e. The van der Waals surface area contributed by atoms with Crippen molar-refractivity contribution in [3.63, 3.8) is 0 Å². The molecule has 12 nitrogen and oxygen atoms in total. The highest BCUT2D eigenvalue weighted by Gasteiger charge is 2.48. The Bertz CT molecular complexity index is 1910. The predicted octanol–water partition coefficient (Wildman–Crippen LogP) is 4.26. The number of likely N-dealkylation sites (tertiary alicyclic amines) is 1. The third kappa shape index (κ3) is 6.94. The lowest BCUT2D eigenvalue weighted by Gasteiger charge is -2.53. The first-order chi connectivity index (χ1) is 21.8. The van der Waals surface area contributed by atoms with Crippen molar-refractivity contribution in [3.8, 4) is 11.4 Å². The minimum atomic E-state index is -3.49. The number of carbonyl (C=O) groups is 2. The van der Waals surface area contributed by atoms with E-state index in [9.17, 15) is 18.0 Å². The normalized spacial score (nSPS) is 16.3. The van der Waals surface area contributed by atoms with Crippen LogP contribution in [0.25, 0.3) is 22.3 Å². The zero-order valence-corrected chi connectivity index (χ0v) is 27.2. The Kier molecular flexibility index (Phi) is 8.13. The molecule has 4 aromatic rings. The lowest BCUT2D eigenvalue weighted by molar-refractivity contribution is -0.0434. The van der Waals surface area contributed by atoms with Gasteiger partial charge in [-0.05, 0) is 70.0 Å². The molecule has 4 aromatic heterocycles. The molecule has 0 unspecified atom stereocenters. The van der Waals surface area contributed by atoms with Crippen molar-refractivity contribution in [2.75, 3.05) is 37.3 Å². The number of hydrogen-bond donors (Lipinski definition) is 1. The van der Waals surface area contributed by atoms with Gasteiger partial charge in [-0.1, -0.05) is 6.07 Å². The number of anilines is 1. The molecule has 6 rings (SSSR count). The summed E-state index contributed by atoms with van der Waals surface area (Å²) in [5.41, 5.74) is 2.59. The number of carbonyl (C=O) groups excluding carboxylic acids is 2. The van der Waals surface area contributed by atoms with E-state index in [2.05, 4.69) is 20.2 Å². The quantitative estimate of drug-likeness (QED) is 0.323. The average Bonchev–Trinajstić information content (AvgIpc) is 3.01. The summed E-state index contributed by atoms with van der Waals surface area (Å²) in [5.74, 6) is 0.439. The van der Waals surface area contributed by atoms with Crippen LogP contribution < -0.4 is 10.2 Å². The molecule has 2 aliphatic rings. The minimum Gasteiger partial charge on any atom is -0.444 e. The van der Waals surface area contributed by atoms with Crippen molar-refractivity contribution in [3.05, 3.63) is 72.3 Å². The summed E-state index contributed by atoms with van der Waals surface area (Å²) in [5, 5.41) is 3.62. The average molecular weight is 644 g/mol. The van der Waals surface area contributed by atoms with E-state index in [1.54, 1.807) is 11.1 Å². The molecule has 0 atom stereocenters. The standard InChI is InChI=1S/C33H37N7O5S/c1-32(2,3)45-31(42)40-20-33(21-40)10-12-39(13-11-33)29-7-5-6-26(38-29)27-9-8-22-17-35-24(15-28(22)37-27)18-36-30(41)23-14-25(19-34-16-23)46(4,43)44/h5-9,14-17,19H,10-13,18,20-21H2,1-4H3,(H,36,41). The van der Waals surface area contributed by atoms with Crippen LogP contribution in [0.15, 0.2) is 66.0 Å². The van der Waals surface area contributed by atoms with Crippen LogP contribution in [0.1, 0.15) is 49.7 Å². The molecule has 1 N–H and O–H groups in total. The number of pyridine rings is 4. The molecular weight excluding hydrogens is 606 g/mol. The van der Waals surface area contributed by atoms with E-state index >= 15 is 0 Å². The summed E-state index contributed by atoms with van der Waals surface area (Å²) in [6.45, 7) is 8.97. The van der Waals surface area contributed by atoms with Gasteiger partial charge in [0.1, 0.15) is 11.4 Å². The topological polar surface area (TPSA) is 148 Å². The van der Waals surface area contributed by atoms with Gasteiger partial charge in [-0.3, -0.25) is 14.8 Å². The molecule has 2 aliphatic heterocycles. The van der Waals surface area contributed by atoms with E-state index in [-0.39, 0.29) is 28.5 Å². The third-order valence-electron chi connectivity index (χ3n) is 8.31. The van der Waals surface area contributed by atoms with Crippen molar-refractivity contribution >= 4 is 38.6 Å². The number of fused-ring (bicyclic) bond motifs is 1. The fourth-order valence-corrected chi connectivity index (χ4v) is 6.40. The molecule has 6 heterocycles. The van der Waals surface area contributed by atoms with Crippen LogP contribution in [0.4, 0.5) is 10.6 Å². The number of rotatable bonds is 6. The first kappa shape index (κ1) is 31.3. The fraction of sp³-hybridized carbons (Fsp3) is 0.394. The van der Waals surface area contributed by atoms with Gasteiger partial charge in [-0.15, -0.1) is 0 Å². The smallest absolute Gasteiger partial charge is 0.410 e. The molecule has 0 saturated carbocycles. The number of nitrogens with one attached hydrogen (secondary N) is 1. The Morgan fingerprint density at radius 1 is 0.978 bits per heavy atom. The van der Waals surface area contributed by atoms with Gasteiger partial charge in [-0.2, -0.15) is 0 Å². The van der Waals surface area contributed by atoms with Gasteiger partial charge in [0.15, 0.2) is 9.84 Å². The van der Waals surface area contributed by atoms with E-state index in [0.717, 1.165) is 67.9 Å². The maximum absolute atomic E-state index is 12.7. The van der Waals surface area contributed by atoms with Gasteiger partial charge in [0.2, 0.25) is 0 Å². The summed E-state index contributed by atoms with van der Waals surface area (Å²) in [6.07, 6.45) is 7.04. The van der Waals surface area contributed by atoms with Crippen molar-refractivity contribution in [2.24, 2.45) is 5.41 Å². The minimum absolute atomic E-state index is 0.0208. The molecule has 0 bridgehead atoms. The molecule has 0 aliphatic carbocycles. The Hall–Kier alpha value is -4.65. The van der Waals surface area contributed by atoms with Crippen molar-refractivity contribution in [1.29, 1.82) is 0 Å². The molecule has 0 aromatic carbocycles. The highest BCUT2D eigenvalue weighted by molar-refractivity contribution is 7.90. The number of nitrogens with zero attached hydrogens (tertiary/aromatic N) is 6. The Morgan fingerprint density at radius 2 is 1.72 bits per heavy atom. The Labute approximate surface area is 268 Å². The molecule has 2 saturated heterocycles. The Morgan fingerprint density at radius 3 is 2.43 bits per heavy atom. The number of piperidine rings is 1. The second-order valence-corrected chi connectivity index (χ2v) is 15.1. The summed E-state index contributed by atoms with van der Waals surface area (Å²) in [7, 11) is -3.49. The maximum atomic E-state index is 12.7. The third-order valence-corrected chi connectivity index (χ3v) is 9.39. The summed E-state index contributed by atoms with van der Waals surface area (Å²) in [6, 6.07) is 12.9. The van der Waals surface area contributed by atoms with Crippen LogP contribution in [0.2, 0.25) is 0 Å². The number of ether oxygens (including phenoxy) is 1. The first-order valence-electron chi connectivity index (χ1n) is 15.2. The van der Waals surface area contributed by atoms with Gasteiger partial charge in [0, 0.05) is 61.8 Å². The molecular formula is C33H37N7O5S. The van der Waals surface area contributed by atoms with Crippen LogP contribution in [0.3, 0.4) is 0 Å². The van der Waals surface area contributed by atoms with Gasteiger partial charge < -0.3 is 19.9 Å². The lowest BCUT2D eigenvalue weighted by atomic mass is 9.72. The Balaban J connectivity index is 1.10. The predicted molar refractivity (Wildman–Crippen MR) is 173 cm³/mol. The molecule has 2 fully saturated rings. The van der Waals surface area contributed by atoms with Gasteiger partial charge >= 0.3 is 6.09 Å². The maximum Gasteiger partial charge on any atom is 0.410 e. The van der Waals surface area contributed by atoms with Crippen LogP contribution in [0.5, 0.6) is 0 Å². The van der Waals surface area contributed by atoms with Crippen molar-refractivity contribution < 1.29 is 22.7 Å². The van der Waals surface area contributed by atoms with Gasteiger partial charge in [0.25, 0.3) is 5.91 Å². The molecule has 13 heteroatoms. The van der Waals surface area contributed by atoms with Crippen LogP contribution in [-0.2, 0) is 21.1 Å². The number of amides is 2. The van der Waals surface area contributed by atoms with Gasteiger partial charge in [-0.25, -0.2) is 23.2 Å². The van der Waals surface area contributed by atoms with E-state index in [4.69, 9.17) is 14.7 Å². The lowest BCUT2D eigenvalue weighted by Crippen LogP contribution is -2.62. The second-order valence-electron chi connectivity index (χ2n) is 13.1. The molecule has 2 amide bonds. The first-order valence-corrected chi connectivity index (χ1v) is 17.1. The van der Waals surface area contributed by atoms with Crippen molar-refractivity contribution in [1.82, 2.24) is 30.2 Å². The molecule has 240 valence electrons. The van der Waals surface area contributed by atoms with Crippen LogP contribution in [0, 0.1) is 5.41 Å². The highest BCUT2D eigenvalue weighted by Crippen LogP contribution is 2.41. The molecule has 0 radical (unpaired) electrons. The number of sulfone groups is 1. The summed E-state index contributed by atoms with van der Waals surface area (Å²) >= 11 is 0. The monoisotopic (exact) mass is 643 g/mol. The zero-order valence-electron chi connectivity index (χ0n) is 26.4. The highest BCUT2D eigenvalue weighted by atomic mass is 32.2. The van der Waals surface area contributed by atoms with E-state index in [1.165, 1.54) is 18.5 Å². The summed E-state index contributed by atoms with van der Waals surface area (Å²) in [4.78, 5) is 47.3. The summed E-state index contributed by atoms with van der Waals surface area (Å²) < 4.78 is 29.2. The fourth-order valence-electron chi connectivity index (χ4n) is 5.80.